The third-order valence-corrected chi connectivity index (χ3v) is 5.88. The molecular weight excluding hydrogens is 332 g/mol. The second-order valence-electron chi connectivity index (χ2n) is 7.74. The standard InChI is InChI=1S/C23H32N4/c1-3-13-26-14-15-27(22-12-8-6-10-20(22)17-26)23-18-25(4-2)16-19-9-5-7-11-21(19)24-23/h5-12,23-24H,3-4,13-18H2,1-2H3. The maximum Gasteiger partial charge on any atom is 0.112 e. The van der Waals surface area contributed by atoms with E-state index in [-0.39, 0.29) is 6.17 Å². The van der Waals surface area contributed by atoms with Gasteiger partial charge in [-0.2, -0.15) is 0 Å². The smallest absolute Gasteiger partial charge is 0.112 e. The number of fused-ring (bicyclic) bond motifs is 2. The molecule has 0 amide bonds. The molecule has 1 atom stereocenters. The van der Waals surface area contributed by atoms with E-state index in [1.54, 1.807) is 0 Å². The lowest BCUT2D eigenvalue weighted by Gasteiger charge is -2.36. The molecule has 0 bridgehead atoms. The number of hydrogen-bond acceptors (Lipinski definition) is 4. The highest BCUT2D eigenvalue weighted by Gasteiger charge is 2.28. The van der Waals surface area contributed by atoms with Crippen molar-refractivity contribution >= 4 is 11.4 Å². The van der Waals surface area contributed by atoms with Gasteiger partial charge in [0.05, 0.1) is 0 Å². The van der Waals surface area contributed by atoms with Crippen molar-refractivity contribution in [3.8, 4) is 0 Å². The maximum atomic E-state index is 3.87. The zero-order valence-electron chi connectivity index (χ0n) is 16.7. The van der Waals surface area contributed by atoms with Crippen LogP contribution in [0.25, 0.3) is 0 Å². The highest BCUT2D eigenvalue weighted by molar-refractivity contribution is 5.59. The monoisotopic (exact) mass is 364 g/mol. The van der Waals surface area contributed by atoms with Crippen LogP contribution in [0.3, 0.4) is 0 Å². The van der Waals surface area contributed by atoms with E-state index < -0.39 is 0 Å². The first-order chi connectivity index (χ1) is 13.3. The van der Waals surface area contributed by atoms with Crippen LogP contribution in [0.5, 0.6) is 0 Å². The van der Waals surface area contributed by atoms with Crippen molar-refractivity contribution in [1.29, 1.82) is 0 Å². The lowest BCUT2D eigenvalue weighted by atomic mass is 10.1. The van der Waals surface area contributed by atoms with Gasteiger partial charge in [-0.1, -0.05) is 50.2 Å². The van der Waals surface area contributed by atoms with Gasteiger partial charge in [0.2, 0.25) is 0 Å². The van der Waals surface area contributed by atoms with Crippen LogP contribution in [0.15, 0.2) is 48.5 Å². The molecule has 0 aliphatic carbocycles. The molecule has 2 aliphatic rings. The Morgan fingerprint density at radius 2 is 1.63 bits per heavy atom. The molecule has 2 aromatic rings. The van der Waals surface area contributed by atoms with Crippen LogP contribution in [0, 0.1) is 0 Å². The van der Waals surface area contributed by atoms with Crippen molar-refractivity contribution in [2.45, 2.75) is 39.5 Å². The summed E-state index contributed by atoms with van der Waals surface area (Å²) in [6, 6.07) is 17.8. The lowest BCUT2D eigenvalue weighted by Crippen LogP contribution is -2.49. The van der Waals surface area contributed by atoms with E-state index in [4.69, 9.17) is 0 Å². The molecule has 4 rings (SSSR count). The number of anilines is 2. The van der Waals surface area contributed by atoms with Gasteiger partial charge in [0.25, 0.3) is 0 Å². The van der Waals surface area contributed by atoms with Gasteiger partial charge >= 0.3 is 0 Å². The average molecular weight is 365 g/mol. The summed E-state index contributed by atoms with van der Waals surface area (Å²) in [5.74, 6) is 0. The molecule has 0 radical (unpaired) electrons. The summed E-state index contributed by atoms with van der Waals surface area (Å²) in [5.41, 5.74) is 5.53. The molecule has 0 saturated heterocycles. The SMILES string of the molecule is CCCN1CCN(C2CN(CC)Cc3ccccc3N2)c2ccccc2C1. The van der Waals surface area contributed by atoms with Gasteiger partial charge < -0.3 is 10.2 Å². The quantitative estimate of drug-likeness (QED) is 0.885. The number of benzene rings is 2. The van der Waals surface area contributed by atoms with E-state index in [1.165, 1.54) is 35.5 Å². The van der Waals surface area contributed by atoms with Crippen LogP contribution < -0.4 is 10.2 Å². The minimum Gasteiger partial charge on any atom is -0.364 e. The normalized spacial score (nSPS) is 21.0. The van der Waals surface area contributed by atoms with Crippen LogP contribution in [0.1, 0.15) is 31.4 Å². The molecule has 0 saturated carbocycles. The van der Waals surface area contributed by atoms with E-state index in [2.05, 4.69) is 82.4 Å². The second kappa shape index (κ2) is 8.32. The first kappa shape index (κ1) is 18.3. The van der Waals surface area contributed by atoms with Crippen molar-refractivity contribution in [2.24, 2.45) is 0 Å². The Balaban J connectivity index is 1.67. The minimum atomic E-state index is 0.288. The van der Waals surface area contributed by atoms with E-state index in [9.17, 15) is 0 Å². The fraction of sp³-hybridized carbons (Fsp3) is 0.478. The summed E-state index contributed by atoms with van der Waals surface area (Å²) in [6.45, 7) is 12.1. The largest absolute Gasteiger partial charge is 0.364 e. The average Bonchev–Trinajstić information content (AvgIpc) is 2.99. The number of rotatable bonds is 4. The van der Waals surface area contributed by atoms with Crippen molar-refractivity contribution in [3.05, 3.63) is 59.7 Å². The molecule has 0 fully saturated rings. The first-order valence-corrected chi connectivity index (χ1v) is 10.4. The van der Waals surface area contributed by atoms with Crippen LogP contribution in [-0.4, -0.2) is 48.7 Å². The third-order valence-electron chi connectivity index (χ3n) is 5.88. The lowest BCUT2D eigenvalue weighted by molar-refractivity contribution is 0.260. The van der Waals surface area contributed by atoms with Crippen LogP contribution >= 0.6 is 0 Å². The number of nitrogens with one attached hydrogen (secondary N) is 1. The zero-order valence-corrected chi connectivity index (χ0v) is 16.7. The molecule has 0 aromatic heterocycles. The highest BCUT2D eigenvalue weighted by atomic mass is 15.3. The Morgan fingerprint density at radius 3 is 2.44 bits per heavy atom. The van der Waals surface area contributed by atoms with E-state index in [1.807, 2.05) is 0 Å². The molecule has 2 aliphatic heterocycles. The number of hydrogen-bond donors (Lipinski definition) is 1. The van der Waals surface area contributed by atoms with Gasteiger partial charge in [0, 0.05) is 44.1 Å². The molecule has 4 nitrogen and oxygen atoms in total. The maximum absolute atomic E-state index is 3.87. The Bertz CT molecular complexity index is 760. The van der Waals surface area contributed by atoms with Crippen molar-refractivity contribution < 1.29 is 0 Å². The summed E-state index contributed by atoms with van der Waals surface area (Å²) >= 11 is 0. The minimum absolute atomic E-state index is 0.288. The van der Waals surface area contributed by atoms with Crippen molar-refractivity contribution in [1.82, 2.24) is 9.80 Å². The van der Waals surface area contributed by atoms with E-state index >= 15 is 0 Å². The molecule has 27 heavy (non-hydrogen) atoms. The summed E-state index contributed by atoms with van der Waals surface area (Å²) < 4.78 is 0. The Labute approximate surface area is 163 Å². The molecular formula is C23H32N4. The molecule has 2 heterocycles. The third kappa shape index (κ3) is 3.97. The van der Waals surface area contributed by atoms with Crippen LogP contribution in [0.2, 0.25) is 0 Å². The first-order valence-electron chi connectivity index (χ1n) is 10.4. The number of likely N-dealkylation sites (N-methyl/N-ethyl adjacent to an activating group) is 1. The second-order valence-corrected chi connectivity index (χ2v) is 7.74. The van der Waals surface area contributed by atoms with Crippen molar-refractivity contribution in [2.75, 3.05) is 42.9 Å². The van der Waals surface area contributed by atoms with E-state index in [0.29, 0.717) is 0 Å². The molecule has 2 aromatic carbocycles. The van der Waals surface area contributed by atoms with Crippen molar-refractivity contribution in [3.63, 3.8) is 0 Å². The number of nitrogens with zero attached hydrogens (tertiary/aromatic N) is 3. The highest BCUT2D eigenvalue weighted by Crippen LogP contribution is 2.30. The summed E-state index contributed by atoms with van der Waals surface area (Å²) in [4.78, 5) is 7.76. The fourth-order valence-electron chi connectivity index (χ4n) is 4.44. The summed E-state index contributed by atoms with van der Waals surface area (Å²) in [7, 11) is 0. The zero-order chi connectivity index (χ0) is 18.6. The predicted octanol–water partition coefficient (Wildman–Crippen LogP) is 3.99. The molecule has 144 valence electrons. The van der Waals surface area contributed by atoms with Gasteiger partial charge in [0.15, 0.2) is 0 Å². The van der Waals surface area contributed by atoms with Gasteiger partial charge in [-0.25, -0.2) is 0 Å². The summed E-state index contributed by atoms with van der Waals surface area (Å²) in [6.07, 6.45) is 1.50. The van der Waals surface area contributed by atoms with Gasteiger partial charge in [-0.15, -0.1) is 0 Å². The van der Waals surface area contributed by atoms with Gasteiger partial charge in [-0.05, 0) is 42.8 Å². The fourth-order valence-corrected chi connectivity index (χ4v) is 4.44. The van der Waals surface area contributed by atoms with Gasteiger partial charge in [0.1, 0.15) is 6.17 Å². The topological polar surface area (TPSA) is 21.8 Å². The Hall–Kier alpha value is -2.04. The summed E-state index contributed by atoms with van der Waals surface area (Å²) in [5, 5.41) is 3.87. The molecule has 1 unspecified atom stereocenters. The molecule has 0 spiro atoms. The van der Waals surface area contributed by atoms with Gasteiger partial charge in [-0.3, -0.25) is 9.80 Å². The van der Waals surface area contributed by atoms with Crippen LogP contribution in [0.4, 0.5) is 11.4 Å². The molecule has 1 N–H and O–H groups in total. The van der Waals surface area contributed by atoms with E-state index in [0.717, 1.165) is 39.3 Å². The Kier molecular flexibility index (Phi) is 5.65. The van der Waals surface area contributed by atoms with Crippen LogP contribution in [-0.2, 0) is 13.1 Å². The Morgan fingerprint density at radius 1 is 0.889 bits per heavy atom. The number of para-hydroxylation sites is 2. The molecule has 4 heteroatoms. The predicted molar refractivity (Wildman–Crippen MR) is 114 cm³/mol.